The molecule has 0 amide bonds. The van der Waals surface area contributed by atoms with Crippen LogP contribution in [0.3, 0.4) is 0 Å². The van der Waals surface area contributed by atoms with Crippen molar-refractivity contribution in [3.05, 3.63) is 29.5 Å². The maximum absolute atomic E-state index is 5.94. The highest BCUT2D eigenvalue weighted by atomic mass is 35.5. The van der Waals surface area contributed by atoms with Gasteiger partial charge in [-0.1, -0.05) is 11.6 Å². The highest BCUT2D eigenvalue weighted by Gasteiger charge is 2.14. The standard InChI is InChI=1S/C12H14ClN3O/c1-8(2)16-7-14-15-12(16)10-5-4-9(13)6-11(10)17-3/h4-8H,1-3H3. The van der Waals surface area contributed by atoms with Crippen LogP contribution in [-0.2, 0) is 0 Å². The molecule has 0 fully saturated rings. The van der Waals surface area contributed by atoms with Crippen molar-refractivity contribution in [1.82, 2.24) is 14.8 Å². The molecule has 0 aliphatic heterocycles. The third-order valence-electron chi connectivity index (χ3n) is 2.53. The molecule has 0 spiro atoms. The summed E-state index contributed by atoms with van der Waals surface area (Å²) in [5.41, 5.74) is 0.892. The second kappa shape index (κ2) is 4.75. The van der Waals surface area contributed by atoms with E-state index in [1.807, 2.05) is 16.7 Å². The zero-order valence-electron chi connectivity index (χ0n) is 10.0. The van der Waals surface area contributed by atoms with Crippen LogP contribution in [0.4, 0.5) is 0 Å². The molecule has 2 rings (SSSR count). The molecule has 17 heavy (non-hydrogen) atoms. The summed E-state index contributed by atoms with van der Waals surface area (Å²) in [6, 6.07) is 5.78. The van der Waals surface area contributed by atoms with Gasteiger partial charge in [0.15, 0.2) is 5.82 Å². The Hall–Kier alpha value is -1.55. The fraction of sp³-hybridized carbons (Fsp3) is 0.333. The van der Waals surface area contributed by atoms with E-state index in [0.717, 1.165) is 11.4 Å². The zero-order valence-corrected chi connectivity index (χ0v) is 10.8. The van der Waals surface area contributed by atoms with Gasteiger partial charge in [0.05, 0.1) is 12.7 Å². The molecule has 0 N–H and O–H groups in total. The van der Waals surface area contributed by atoms with Gasteiger partial charge in [-0.05, 0) is 32.0 Å². The topological polar surface area (TPSA) is 39.9 Å². The molecule has 0 unspecified atom stereocenters. The first kappa shape index (κ1) is 11.9. The van der Waals surface area contributed by atoms with Gasteiger partial charge in [0, 0.05) is 11.1 Å². The fourth-order valence-electron chi connectivity index (χ4n) is 1.66. The molecule has 90 valence electrons. The van der Waals surface area contributed by atoms with Crippen LogP contribution in [0.25, 0.3) is 11.4 Å². The van der Waals surface area contributed by atoms with E-state index in [9.17, 15) is 0 Å². The predicted octanol–water partition coefficient (Wildman–Crippen LogP) is 3.19. The smallest absolute Gasteiger partial charge is 0.167 e. The van der Waals surface area contributed by atoms with Crippen molar-refractivity contribution in [2.45, 2.75) is 19.9 Å². The fourth-order valence-corrected chi connectivity index (χ4v) is 1.83. The average molecular weight is 252 g/mol. The van der Waals surface area contributed by atoms with Crippen molar-refractivity contribution < 1.29 is 4.74 Å². The third-order valence-corrected chi connectivity index (χ3v) is 2.77. The Morgan fingerprint density at radius 2 is 2.12 bits per heavy atom. The van der Waals surface area contributed by atoms with Crippen LogP contribution in [-0.4, -0.2) is 21.9 Å². The monoisotopic (exact) mass is 251 g/mol. The highest BCUT2D eigenvalue weighted by Crippen LogP contribution is 2.31. The lowest BCUT2D eigenvalue weighted by atomic mass is 10.2. The van der Waals surface area contributed by atoms with Crippen molar-refractivity contribution in [3.8, 4) is 17.1 Å². The molecule has 0 aliphatic carbocycles. The summed E-state index contributed by atoms with van der Waals surface area (Å²) in [7, 11) is 1.62. The number of rotatable bonds is 3. The van der Waals surface area contributed by atoms with Crippen LogP contribution in [0.1, 0.15) is 19.9 Å². The Morgan fingerprint density at radius 3 is 2.76 bits per heavy atom. The van der Waals surface area contributed by atoms with Crippen LogP contribution in [0.2, 0.25) is 5.02 Å². The van der Waals surface area contributed by atoms with E-state index in [-0.39, 0.29) is 0 Å². The number of hydrogen-bond donors (Lipinski definition) is 0. The van der Waals surface area contributed by atoms with Crippen molar-refractivity contribution in [3.63, 3.8) is 0 Å². The second-order valence-electron chi connectivity index (χ2n) is 4.00. The quantitative estimate of drug-likeness (QED) is 0.841. The number of benzene rings is 1. The van der Waals surface area contributed by atoms with Crippen molar-refractivity contribution in [2.75, 3.05) is 7.11 Å². The molecule has 1 heterocycles. The van der Waals surface area contributed by atoms with E-state index in [2.05, 4.69) is 24.0 Å². The molecule has 0 aliphatic rings. The molecule has 0 radical (unpaired) electrons. The first-order valence-corrected chi connectivity index (χ1v) is 5.74. The van der Waals surface area contributed by atoms with Gasteiger partial charge in [-0.15, -0.1) is 10.2 Å². The van der Waals surface area contributed by atoms with Crippen molar-refractivity contribution in [2.24, 2.45) is 0 Å². The summed E-state index contributed by atoms with van der Waals surface area (Å²) in [6.45, 7) is 4.16. The lowest BCUT2D eigenvalue weighted by molar-refractivity contribution is 0.415. The van der Waals surface area contributed by atoms with Gasteiger partial charge in [0.1, 0.15) is 12.1 Å². The molecule has 2 aromatic rings. The predicted molar refractivity (Wildman–Crippen MR) is 67.4 cm³/mol. The van der Waals surface area contributed by atoms with Crippen LogP contribution >= 0.6 is 11.6 Å². The Balaban J connectivity index is 2.56. The molecule has 5 heteroatoms. The van der Waals surface area contributed by atoms with E-state index >= 15 is 0 Å². The molecule has 0 saturated heterocycles. The van der Waals surface area contributed by atoms with Gasteiger partial charge in [-0.2, -0.15) is 0 Å². The Bertz CT molecular complexity index is 522. The van der Waals surface area contributed by atoms with Gasteiger partial charge >= 0.3 is 0 Å². The first-order chi connectivity index (χ1) is 8.13. The Morgan fingerprint density at radius 1 is 1.35 bits per heavy atom. The normalized spacial score (nSPS) is 10.9. The van der Waals surface area contributed by atoms with Gasteiger partial charge in [0.25, 0.3) is 0 Å². The van der Waals surface area contributed by atoms with Gasteiger partial charge in [0.2, 0.25) is 0 Å². The molecule has 1 aromatic carbocycles. The summed E-state index contributed by atoms with van der Waals surface area (Å²) >= 11 is 5.94. The number of methoxy groups -OCH3 is 1. The summed E-state index contributed by atoms with van der Waals surface area (Å²) in [5, 5.41) is 8.72. The number of hydrogen-bond acceptors (Lipinski definition) is 3. The molecule has 0 atom stereocenters. The van der Waals surface area contributed by atoms with Crippen molar-refractivity contribution >= 4 is 11.6 Å². The number of aromatic nitrogens is 3. The summed E-state index contributed by atoms with van der Waals surface area (Å²) in [6.07, 6.45) is 1.72. The lowest BCUT2D eigenvalue weighted by Gasteiger charge is -2.12. The van der Waals surface area contributed by atoms with E-state index in [1.54, 1.807) is 19.5 Å². The zero-order chi connectivity index (χ0) is 12.4. The van der Waals surface area contributed by atoms with Crippen LogP contribution < -0.4 is 4.74 Å². The number of ether oxygens (including phenoxy) is 1. The maximum Gasteiger partial charge on any atom is 0.167 e. The maximum atomic E-state index is 5.94. The Kier molecular flexibility index (Phi) is 3.33. The third kappa shape index (κ3) is 2.26. The van der Waals surface area contributed by atoms with Gasteiger partial charge in [-0.25, -0.2) is 0 Å². The van der Waals surface area contributed by atoms with E-state index in [0.29, 0.717) is 16.8 Å². The molecule has 0 bridgehead atoms. The molecule has 1 aromatic heterocycles. The molecule has 0 saturated carbocycles. The lowest BCUT2D eigenvalue weighted by Crippen LogP contribution is -2.02. The van der Waals surface area contributed by atoms with Crippen molar-refractivity contribution in [1.29, 1.82) is 0 Å². The highest BCUT2D eigenvalue weighted by molar-refractivity contribution is 6.30. The minimum Gasteiger partial charge on any atom is -0.496 e. The van der Waals surface area contributed by atoms with E-state index < -0.39 is 0 Å². The summed E-state index contributed by atoms with van der Waals surface area (Å²) < 4.78 is 7.31. The van der Waals surface area contributed by atoms with E-state index in [4.69, 9.17) is 16.3 Å². The van der Waals surface area contributed by atoms with Crippen LogP contribution in [0, 0.1) is 0 Å². The summed E-state index contributed by atoms with van der Waals surface area (Å²) in [4.78, 5) is 0. The number of nitrogens with zero attached hydrogens (tertiary/aromatic N) is 3. The minimum absolute atomic E-state index is 0.292. The van der Waals surface area contributed by atoms with Gasteiger partial charge in [-0.3, -0.25) is 0 Å². The largest absolute Gasteiger partial charge is 0.496 e. The Labute approximate surface area is 105 Å². The molecule has 4 nitrogen and oxygen atoms in total. The average Bonchev–Trinajstić information content (AvgIpc) is 2.77. The second-order valence-corrected chi connectivity index (χ2v) is 4.44. The SMILES string of the molecule is COc1cc(Cl)ccc1-c1nncn1C(C)C. The van der Waals surface area contributed by atoms with Crippen LogP contribution in [0.5, 0.6) is 5.75 Å². The first-order valence-electron chi connectivity index (χ1n) is 5.37. The molecular weight excluding hydrogens is 238 g/mol. The minimum atomic E-state index is 0.292. The van der Waals surface area contributed by atoms with E-state index in [1.165, 1.54) is 0 Å². The molecular formula is C12H14ClN3O. The van der Waals surface area contributed by atoms with Crippen LogP contribution in [0.15, 0.2) is 24.5 Å². The summed E-state index contributed by atoms with van der Waals surface area (Å²) in [5.74, 6) is 1.49. The number of halogens is 1. The van der Waals surface area contributed by atoms with Gasteiger partial charge < -0.3 is 9.30 Å².